The molecule has 0 bridgehead atoms. The fourth-order valence-electron chi connectivity index (χ4n) is 3.51. The van der Waals surface area contributed by atoms with Crippen molar-refractivity contribution in [3.63, 3.8) is 0 Å². The van der Waals surface area contributed by atoms with Gasteiger partial charge in [-0.05, 0) is 37.8 Å². The molecule has 1 aromatic carbocycles. The van der Waals surface area contributed by atoms with Gasteiger partial charge in [0.2, 0.25) is 5.91 Å². The van der Waals surface area contributed by atoms with Gasteiger partial charge >= 0.3 is 0 Å². The molecule has 1 atom stereocenters. The summed E-state index contributed by atoms with van der Waals surface area (Å²) in [5, 5.41) is 5.12. The van der Waals surface area contributed by atoms with E-state index >= 15 is 0 Å². The fraction of sp³-hybridized carbons (Fsp3) is 0.632. The maximum absolute atomic E-state index is 12.1. The molecule has 132 valence electrons. The minimum Gasteiger partial charge on any atom is -0.352 e. The average Bonchev–Trinajstić information content (AvgIpc) is 3.13. The van der Waals surface area contributed by atoms with E-state index in [1.807, 2.05) is 5.06 Å². The van der Waals surface area contributed by atoms with Crippen LogP contribution in [0.5, 0.6) is 0 Å². The molecule has 2 saturated heterocycles. The normalized spacial score (nSPS) is 22.6. The smallest absolute Gasteiger partial charge is 0.221 e. The molecule has 2 aliphatic heterocycles. The lowest BCUT2D eigenvalue weighted by Crippen LogP contribution is -2.48. The van der Waals surface area contributed by atoms with Gasteiger partial charge in [0.15, 0.2) is 0 Å². The van der Waals surface area contributed by atoms with Gasteiger partial charge in [0, 0.05) is 38.6 Å². The van der Waals surface area contributed by atoms with Crippen molar-refractivity contribution in [3.05, 3.63) is 35.9 Å². The third-order valence-corrected chi connectivity index (χ3v) is 4.84. The summed E-state index contributed by atoms with van der Waals surface area (Å²) in [7, 11) is 0. The molecule has 24 heavy (non-hydrogen) atoms. The van der Waals surface area contributed by atoms with Crippen molar-refractivity contribution in [2.45, 2.75) is 38.1 Å². The molecule has 3 rings (SSSR count). The molecule has 5 heteroatoms. The SMILES string of the molecule is O=C(CCN1CCCO1)N[C@H]1CCCN(CCc2ccccc2)C1. The van der Waals surface area contributed by atoms with E-state index in [2.05, 4.69) is 40.5 Å². The van der Waals surface area contributed by atoms with E-state index < -0.39 is 0 Å². The van der Waals surface area contributed by atoms with Gasteiger partial charge in [0.05, 0.1) is 6.61 Å². The van der Waals surface area contributed by atoms with E-state index in [4.69, 9.17) is 4.84 Å². The first-order chi connectivity index (χ1) is 11.8. The zero-order chi connectivity index (χ0) is 16.6. The van der Waals surface area contributed by atoms with Crippen molar-refractivity contribution in [3.8, 4) is 0 Å². The second-order valence-electron chi connectivity index (χ2n) is 6.81. The summed E-state index contributed by atoms with van der Waals surface area (Å²) in [5.41, 5.74) is 1.38. The Morgan fingerprint density at radius 3 is 2.83 bits per heavy atom. The number of nitrogens with one attached hydrogen (secondary N) is 1. The lowest BCUT2D eigenvalue weighted by molar-refractivity contribution is -0.131. The Labute approximate surface area is 144 Å². The molecule has 1 amide bonds. The molecule has 0 radical (unpaired) electrons. The predicted molar refractivity (Wildman–Crippen MR) is 94.5 cm³/mol. The lowest BCUT2D eigenvalue weighted by atomic mass is 10.0. The van der Waals surface area contributed by atoms with Gasteiger partial charge in [-0.2, -0.15) is 5.06 Å². The van der Waals surface area contributed by atoms with Crippen LogP contribution in [0.25, 0.3) is 0 Å². The maximum Gasteiger partial charge on any atom is 0.221 e. The summed E-state index contributed by atoms with van der Waals surface area (Å²) in [6.45, 7) is 5.62. The summed E-state index contributed by atoms with van der Waals surface area (Å²) in [6.07, 6.45) is 4.93. The summed E-state index contributed by atoms with van der Waals surface area (Å²) >= 11 is 0. The van der Waals surface area contributed by atoms with Crippen LogP contribution in [0.2, 0.25) is 0 Å². The first kappa shape index (κ1) is 17.4. The van der Waals surface area contributed by atoms with Crippen molar-refractivity contribution in [2.24, 2.45) is 0 Å². The van der Waals surface area contributed by atoms with Crippen molar-refractivity contribution < 1.29 is 9.63 Å². The second-order valence-corrected chi connectivity index (χ2v) is 6.81. The number of hydrogen-bond acceptors (Lipinski definition) is 4. The number of benzene rings is 1. The highest BCUT2D eigenvalue weighted by atomic mass is 16.7. The van der Waals surface area contributed by atoms with Crippen molar-refractivity contribution >= 4 is 5.91 Å². The minimum atomic E-state index is 0.153. The minimum absolute atomic E-state index is 0.153. The van der Waals surface area contributed by atoms with Crippen LogP contribution in [-0.2, 0) is 16.1 Å². The molecule has 2 aliphatic rings. The van der Waals surface area contributed by atoms with Crippen LogP contribution in [0.4, 0.5) is 0 Å². The molecular weight excluding hydrogens is 302 g/mol. The van der Waals surface area contributed by atoms with Gasteiger partial charge in [0.25, 0.3) is 0 Å². The Morgan fingerprint density at radius 2 is 2.04 bits per heavy atom. The number of hydroxylamine groups is 2. The molecule has 2 fully saturated rings. The van der Waals surface area contributed by atoms with E-state index in [9.17, 15) is 4.79 Å². The summed E-state index contributed by atoms with van der Waals surface area (Å²) in [4.78, 5) is 20.0. The largest absolute Gasteiger partial charge is 0.352 e. The monoisotopic (exact) mass is 331 g/mol. The van der Waals surface area contributed by atoms with E-state index in [1.165, 1.54) is 5.56 Å². The van der Waals surface area contributed by atoms with Gasteiger partial charge < -0.3 is 10.2 Å². The first-order valence-electron chi connectivity index (χ1n) is 9.23. The van der Waals surface area contributed by atoms with Gasteiger partial charge in [-0.15, -0.1) is 0 Å². The number of piperidine rings is 1. The Balaban J connectivity index is 1.36. The molecule has 0 aliphatic carbocycles. The number of carbonyl (C=O) groups excluding carboxylic acids is 1. The molecule has 1 aromatic rings. The number of rotatable bonds is 7. The van der Waals surface area contributed by atoms with Crippen LogP contribution >= 0.6 is 0 Å². The summed E-state index contributed by atoms with van der Waals surface area (Å²) in [5.74, 6) is 0.153. The van der Waals surface area contributed by atoms with E-state index in [1.54, 1.807) is 0 Å². The van der Waals surface area contributed by atoms with E-state index in [0.717, 1.165) is 58.5 Å². The van der Waals surface area contributed by atoms with E-state index in [-0.39, 0.29) is 5.91 Å². The van der Waals surface area contributed by atoms with Crippen LogP contribution in [0.3, 0.4) is 0 Å². The predicted octanol–water partition coefficient (Wildman–Crippen LogP) is 1.84. The van der Waals surface area contributed by atoms with E-state index in [0.29, 0.717) is 19.0 Å². The quantitative estimate of drug-likeness (QED) is 0.828. The van der Waals surface area contributed by atoms with Crippen LogP contribution in [-0.4, -0.2) is 61.2 Å². The van der Waals surface area contributed by atoms with Crippen molar-refractivity contribution in [1.82, 2.24) is 15.3 Å². The first-order valence-corrected chi connectivity index (χ1v) is 9.23. The zero-order valence-corrected chi connectivity index (χ0v) is 14.5. The maximum atomic E-state index is 12.1. The fourth-order valence-corrected chi connectivity index (χ4v) is 3.51. The van der Waals surface area contributed by atoms with Gasteiger partial charge in [0.1, 0.15) is 0 Å². The van der Waals surface area contributed by atoms with Crippen LogP contribution in [0, 0.1) is 0 Å². The molecule has 0 unspecified atom stereocenters. The molecule has 0 saturated carbocycles. The Morgan fingerprint density at radius 1 is 1.17 bits per heavy atom. The summed E-state index contributed by atoms with van der Waals surface area (Å²) < 4.78 is 0. The molecule has 5 nitrogen and oxygen atoms in total. The highest BCUT2D eigenvalue weighted by molar-refractivity contribution is 5.76. The number of hydrogen-bond donors (Lipinski definition) is 1. The number of amides is 1. The molecule has 0 aromatic heterocycles. The molecular formula is C19H29N3O2. The van der Waals surface area contributed by atoms with Gasteiger partial charge in [-0.1, -0.05) is 30.3 Å². The third-order valence-electron chi connectivity index (χ3n) is 4.84. The highest BCUT2D eigenvalue weighted by Gasteiger charge is 2.21. The van der Waals surface area contributed by atoms with Crippen molar-refractivity contribution in [2.75, 3.05) is 39.3 Å². The Kier molecular flexibility index (Phi) is 6.64. The molecule has 2 heterocycles. The average molecular weight is 331 g/mol. The number of carbonyl (C=O) groups is 1. The Hall–Kier alpha value is -1.43. The second kappa shape index (κ2) is 9.16. The standard InChI is InChI=1S/C19H29N3O2/c23-19(10-14-22-12-5-15-24-22)20-18-8-4-11-21(16-18)13-9-17-6-2-1-3-7-17/h1-3,6-7,18H,4-5,8-16H2,(H,20,23)/t18-/m0/s1. The van der Waals surface area contributed by atoms with Gasteiger partial charge in [-0.3, -0.25) is 9.63 Å². The van der Waals surface area contributed by atoms with Crippen LogP contribution in [0.1, 0.15) is 31.2 Å². The number of likely N-dealkylation sites (tertiary alicyclic amines) is 1. The Bertz CT molecular complexity index is 503. The highest BCUT2D eigenvalue weighted by Crippen LogP contribution is 2.12. The number of nitrogens with zero attached hydrogens (tertiary/aromatic N) is 2. The molecule has 1 N–H and O–H groups in total. The van der Waals surface area contributed by atoms with Crippen LogP contribution < -0.4 is 5.32 Å². The molecule has 0 spiro atoms. The third kappa shape index (κ3) is 5.58. The topological polar surface area (TPSA) is 44.8 Å². The summed E-state index contributed by atoms with van der Waals surface area (Å²) in [6, 6.07) is 10.9. The van der Waals surface area contributed by atoms with Gasteiger partial charge in [-0.25, -0.2) is 0 Å². The van der Waals surface area contributed by atoms with Crippen molar-refractivity contribution in [1.29, 1.82) is 0 Å². The van der Waals surface area contributed by atoms with Crippen LogP contribution in [0.15, 0.2) is 30.3 Å². The zero-order valence-electron chi connectivity index (χ0n) is 14.5. The lowest BCUT2D eigenvalue weighted by Gasteiger charge is -2.33.